The Labute approximate surface area is 119 Å². The third-order valence-corrected chi connectivity index (χ3v) is 3.45. The maximum Gasteiger partial charge on any atom is 0.0521 e. The summed E-state index contributed by atoms with van der Waals surface area (Å²) in [6.07, 6.45) is 6.09. The van der Waals surface area contributed by atoms with Gasteiger partial charge in [0.1, 0.15) is 0 Å². The molecule has 0 aliphatic rings. The topological polar surface area (TPSA) is 29.9 Å². The van der Waals surface area contributed by atoms with Crippen molar-refractivity contribution in [2.24, 2.45) is 7.05 Å². The Morgan fingerprint density at radius 1 is 1.32 bits per heavy atom. The summed E-state index contributed by atoms with van der Waals surface area (Å²) >= 11 is 5.94. The van der Waals surface area contributed by atoms with Gasteiger partial charge in [0.2, 0.25) is 0 Å². The van der Waals surface area contributed by atoms with E-state index < -0.39 is 0 Å². The summed E-state index contributed by atoms with van der Waals surface area (Å²) in [5.41, 5.74) is 2.56. The van der Waals surface area contributed by atoms with Crippen LogP contribution in [0.25, 0.3) is 0 Å². The molecule has 0 saturated carbocycles. The van der Waals surface area contributed by atoms with Gasteiger partial charge in [-0.05, 0) is 42.6 Å². The average molecular weight is 278 g/mol. The first-order valence-electron chi connectivity index (χ1n) is 6.65. The lowest BCUT2D eigenvalue weighted by atomic mass is 10.0. The van der Waals surface area contributed by atoms with Gasteiger partial charge in [0, 0.05) is 24.3 Å². The smallest absolute Gasteiger partial charge is 0.0521 e. The molecule has 4 heteroatoms. The normalized spacial score (nSPS) is 12.6. The summed E-state index contributed by atoms with van der Waals surface area (Å²) in [5.74, 6) is 0. The summed E-state index contributed by atoms with van der Waals surface area (Å²) in [6, 6.07) is 8.46. The van der Waals surface area contributed by atoms with Crippen molar-refractivity contribution in [3.05, 3.63) is 52.8 Å². The molecule has 3 nitrogen and oxygen atoms in total. The molecular weight excluding hydrogens is 258 g/mol. The molecule has 1 aromatic heterocycles. The largest absolute Gasteiger partial charge is 0.310 e. The van der Waals surface area contributed by atoms with Crippen molar-refractivity contribution in [2.45, 2.75) is 25.8 Å². The molecule has 2 rings (SSSR count). The first-order valence-corrected chi connectivity index (χ1v) is 7.03. The predicted molar refractivity (Wildman–Crippen MR) is 79.4 cm³/mol. The maximum absolute atomic E-state index is 5.94. The molecule has 0 fully saturated rings. The van der Waals surface area contributed by atoms with Crippen LogP contribution in [0.5, 0.6) is 0 Å². The molecule has 0 radical (unpaired) electrons. The van der Waals surface area contributed by atoms with Gasteiger partial charge < -0.3 is 5.32 Å². The minimum Gasteiger partial charge on any atom is -0.310 e. The van der Waals surface area contributed by atoms with E-state index in [4.69, 9.17) is 11.6 Å². The molecule has 0 aliphatic carbocycles. The van der Waals surface area contributed by atoms with E-state index >= 15 is 0 Å². The lowest BCUT2D eigenvalue weighted by Crippen LogP contribution is -2.21. The molecule has 2 aromatic rings. The third-order valence-electron chi connectivity index (χ3n) is 3.20. The zero-order valence-electron chi connectivity index (χ0n) is 11.4. The van der Waals surface area contributed by atoms with Crippen molar-refractivity contribution < 1.29 is 0 Å². The quantitative estimate of drug-likeness (QED) is 0.877. The maximum atomic E-state index is 5.94. The van der Waals surface area contributed by atoms with Gasteiger partial charge in [0.15, 0.2) is 0 Å². The molecule has 0 amide bonds. The number of aryl methyl sites for hydroxylation is 2. The van der Waals surface area contributed by atoms with Gasteiger partial charge in [-0.25, -0.2) is 0 Å². The van der Waals surface area contributed by atoms with Crippen molar-refractivity contribution in [1.29, 1.82) is 0 Å². The molecule has 19 heavy (non-hydrogen) atoms. The lowest BCUT2D eigenvalue weighted by molar-refractivity contribution is 0.515. The highest BCUT2D eigenvalue weighted by Crippen LogP contribution is 2.21. The van der Waals surface area contributed by atoms with Crippen LogP contribution < -0.4 is 5.32 Å². The summed E-state index contributed by atoms with van der Waals surface area (Å²) in [7, 11) is 1.95. The van der Waals surface area contributed by atoms with Gasteiger partial charge in [0.05, 0.1) is 6.20 Å². The standard InChI is InChI=1S/C15H20ClN3/c1-3-17-15(13-5-7-14(16)8-6-13)9-4-12-10-18-19(2)11-12/h5-8,10-11,15,17H,3-4,9H2,1-2H3. The number of hydrogen-bond acceptors (Lipinski definition) is 2. The predicted octanol–water partition coefficient (Wildman–Crippen LogP) is 3.36. The van der Waals surface area contributed by atoms with Crippen LogP contribution in [0.2, 0.25) is 5.02 Å². The van der Waals surface area contributed by atoms with Gasteiger partial charge in [-0.1, -0.05) is 30.7 Å². The van der Waals surface area contributed by atoms with Gasteiger partial charge in [-0.3, -0.25) is 4.68 Å². The van der Waals surface area contributed by atoms with Crippen molar-refractivity contribution in [2.75, 3.05) is 6.54 Å². The van der Waals surface area contributed by atoms with Crippen LogP contribution in [-0.4, -0.2) is 16.3 Å². The molecule has 0 aliphatic heterocycles. The summed E-state index contributed by atoms with van der Waals surface area (Å²) in [4.78, 5) is 0. The van der Waals surface area contributed by atoms with Crippen molar-refractivity contribution in [3.63, 3.8) is 0 Å². The number of hydrogen-bond donors (Lipinski definition) is 1. The summed E-state index contributed by atoms with van der Waals surface area (Å²) in [5, 5.41) is 8.51. The minimum absolute atomic E-state index is 0.363. The monoisotopic (exact) mass is 277 g/mol. The van der Waals surface area contributed by atoms with E-state index in [-0.39, 0.29) is 0 Å². The van der Waals surface area contributed by atoms with E-state index in [2.05, 4.69) is 35.7 Å². The Morgan fingerprint density at radius 2 is 2.05 bits per heavy atom. The van der Waals surface area contributed by atoms with Crippen molar-refractivity contribution in [3.8, 4) is 0 Å². The number of halogens is 1. The third kappa shape index (κ3) is 4.08. The fourth-order valence-corrected chi connectivity index (χ4v) is 2.37. The lowest BCUT2D eigenvalue weighted by Gasteiger charge is -2.18. The van der Waals surface area contributed by atoms with Crippen molar-refractivity contribution >= 4 is 11.6 Å². The number of nitrogens with zero attached hydrogens (tertiary/aromatic N) is 2. The summed E-state index contributed by atoms with van der Waals surface area (Å²) in [6.45, 7) is 3.09. The van der Waals surface area contributed by atoms with Crippen LogP contribution in [-0.2, 0) is 13.5 Å². The van der Waals surface area contributed by atoms with E-state index in [0.29, 0.717) is 6.04 Å². The molecule has 1 aromatic carbocycles. The van der Waals surface area contributed by atoms with Crippen LogP contribution in [0, 0.1) is 0 Å². The average Bonchev–Trinajstić information content (AvgIpc) is 2.81. The Bertz CT molecular complexity index is 504. The Morgan fingerprint density at radius 3 is 2.63 bits per heavy atom. The van der Waals surface area contributed by atoms with E-state index in [0.717, 1.165) is 24.4 Å². The van der Waals surface area contributed by atoms with Crippen LogP contribution in [0.4, 0.5) is 0 Å². The van der Waals surface area contributed by atoms with Crippen LogP contribution in [0.3, 0.4) is 0 Å². The number of nitrogens with one attached hydrogen (secondary N) is 1. The number of aromatic nitrogens is 2. The first-order chi connectivity index (χ1) is 9.19. The Balaban J connectivity index is 2.01. The van der Waals surface area contributed by atoms with Gasteiger partial charge in [-0.2, -0.15) is 5.10 Å². The van der Waals surface area contributed by atoms with Gasteiger partial charge in [0.25, 0.3) is 0 Å². The van der Waals surface area contributed by atoms with Gasteiger partial charge in [-0.15, -0.1) is 0 Å². The molecule has 1 N–H and O–H groups in total. The van der Waals surface area contributed by atoms with Crippen LogP contribution >= 0.6 is 11.6 Å². The van der Waals surface area contributed by atoms with Crippen LogP contribution in [0.15, 0.2) is 36.7 Å². The van der Waals surface area contributed by atoms with E-state index in [1.807, 2.05) is 30.1 Å². The Kier molecular flexibility index (Phi) is 5.00. The zero-order valence-corrected chi connectivity index (χ0v) is 12.2. The molecular formula is C15H20ClN3. The molecule has 0 saturated heterocycles. The molecule has 1 unspecified atom stereocenters. The van der Waals surface area contributed by atoms with E-state index in [1.165, 1.54) is 11.1 Å². The second-order valence-corrected chi connectivity index (χ2v) is 5.16. The number of benzene rings is 1. The molecule has 1 atom stereocenters. The second kappa shape index (κ2) is 6.73. The SMILES string of the molecule is CCNC(CCc1cnn(C)c1)c1ccc(Cl)cc1. The first kappa shape index (κ1) is 14.1. The minimum atomic E-state index is 0.363. The molecule has 1 heterocycles. The summed E-state index contributed by atoms with van der Waals surface area (Å²) < 4.78 is 1.85. The van der Waals surface area contributed by atoms with Gasteiger partial charge >= 0.3 is 0 Å². The molecule has 0 spiro atoms. The second-order valence-electron chi connectivity index (χ2n) is 4.72. The van der Waals surface area contributed by atoms with Crippen molar-refractivity contribution in [1.82, 2.24) is 15.1 Å². The van der Waals surface area contributed by atoms with E-state index in [1.54, 1.807) is 0 Å². The molecule has 0 bridgehead atoms. The zero-order chi connectivity index (χ0) is 13.7. The van der Waals surface area contributed by atoms with Crippen LogP contribution in [0.1, 0.15) is 30.5 Å². The highest BCUT2D eigenvalue weighted by molar-refractivity contribution is 6.30. The number of rotatable bonds is 6. The highest BCUT2D eigenvalue weighted by atomic mass is 35.5. The molecule has 102 valence electrons. The fourth-order valence-electron chi connectivity index (χ4n) is 2.24. The fraction of sp³-hybridized carbons (Fsp3) is 0.400. The highest BCUT2D eigenvalue weighted by Gasteiger charge is 2.10. The Hall–Kier alpha value is -1.32. The van der Waals surface area contributed by atoms with E-state index in [9.17, 15) is 0 Å².